The third-order valence-corrected chi connectivity index (χ3v) is 5.60. The van der Waals surface area contributed by atoms with E-state index < -0.39 is 17.5 Å². The number of fused-ring (bicyclic) bond motifs is 1. The number of nitrogens with one attached hydrogen (secondary N) is 1. The van der Waals surface area contributed by atoms with Gasteiger partial charge in [0.2, 0.25) is 17.7 Å². The molecule has 10 nitrogen and oxygen atoms in total. The number of amides is 3. The Morgan fingerprint density at radius 3 is 2.34 bits per heavy atom. The predicted molar refractivity (Wildman–Crippen MR) is 113 cm³/mol. The van der Waals surface area contributed by atoms with Gasteiger partial charge in [-0.05, 0) is 25.8 Å². The number of hydrogen-bond donors (Lipinski definition) is 2. The maximum absolute atomic E-state index is 13.1. The van der Waals surface area contributed by atoms with Gasteiger partial charge in [0.25, 0.3) is 6.47 Å². The molecule has 1 aromatic rings. The van der Waals surface area contributed by atoms with E-state index in [4.69, 9.17) is 14.6 Å². The molecule has 3 amide bonds. The Kier molecular flexibility index (Phi) is 7.96. The van der Waals surface area contributed by atoms with E-state index in [1.54, 1.807) is 18.7 Å². The van der Waals surface area contributed by atoms with Crippen LogP contribution in [0, 0.1) is 5.92 Å². The molecule has 0 bridgehead atoms. The summed E-state index contributed by atoms with van der Waals surface area (Å²) in [5, 5.41) is 9.52. The number of hydrogen-bond acceptors (Lipinski definition) is 6. The van der Waals surface area contributed by atoms with Crippen molar-refractivity contribution in [1.82, 2.24) is 15.1 Å². The lowest BCUT2D eigenvalue weighted by Crippen LogP contribution is -2.62. The lowest BCUT2D eigenvalue weighted by atomic mass is 9.93. The van der Waals surface area contributed by atoms with Crippen LogP contribution in [0.2, 0.25) is 0 Å². The maximum Gasteiger partial charge on any atom is 0.311 e. The summed E-state index contributed by atoms with van der Waals surface area (Å²) < 4.78 is 4.99. The van der Waals surface area contributed by atoms with Crippen LogP contribution in [-0.2, 0) is 28.7 Å². The first-order chi connectivity index (χ1) is 15.1. The summed E-state index contributed by atoms with van der Waals surface area (Å²) in [6.07, 6.45) is 0.419. The van der Waals surface area contributed by atoms with E-state index >= 15 is 0 Å². The van der Waals surface area contributed by atoms with Crippen LogP contribution in [-0.4, -0.2) is 76.8 Å². The number of rotatable bonds is 4. The van der Waals surface area contributed by atoms with Gasteiger partial charge in [-0.3, -0.25) is 24.0 Å². The van der Waals surface area contributed by atoms with E-state index in [0.29, 0.717) is 13.0 Å². The zero-order chi connectivity index (χ0) is 24.1. The van der Waals surface area contributed by atoms with Crippen LogP contribution in [0.25, 0.3) is 0 Å². The van der Waals surface area contributed by atoms with Gasteiger partial charge in [-0.25, -0.2) is 0 Å². The molecule has 32 heavy (non-hydrogen) atoms. The topological polar surface area (TPSA) is 133 Å². The molecule has 3 atom stereocenters. The van der Waals surface area contributed by atoms with Crippen LogP contribution in [0.4, 0.5) is 0 Å². The fraction of sp³-hybridized carbons (Fsp3) is 0.500. The second-order valence-corrected chi connectivity index (χ2v) is 8.27. The highest BCUT2D eigenvalue weighted by molar-refractivity contribution is 5.94. The molecule has 1 aromatic carbocycles. The highest BCUT2D eigenvalue weighted by Crippen LogP contribution is 2.43. The van der Waals surface area contributed by atoms with Gasteiger partial charge in [0.05, 0.1) is 31.7 Å². The Bertz CT molecular complexity index is 872. The van der Waals surface area contributed by atoms with Gasteiger partial charge < -0.3 is 25.0 Å². The lowest BCUT2D eigenvalue weighted by Gasteiger charge is -2.42. The van der Waals surface area contributed by atoms with E-state index in [2.05, 4.69) is 5.32 Å². The first-order valence-corrected chi connectivity index (χ1v) is 10.2. The van der Waals surface area contributed by atoms with Crippen LogP contribution in [0.5, 0.6) is 0 Å². The minimum absolute atomic E-state index is 0.0877. The summed E-state index contributed by atoms with van der Waals surface area (Å²) in [7, 11) is 1.34. The van der Waals surface area contributed by atoms with Gasteiger partial charge in [0.1, 0.15) is 5.54 Å². The first kappa shape index (κ1) is 24.8. The number of ether oxygens (including phenoxy) is 1. The number of piperazine rings is 1. The molecule has 10 heteroatoms. The molecule has 0 unspecified atom stereocenters. The third kappa shape index (κ3) is 5.24. The number of carboxylic acid groups (broad SMARTS) is 1. The van der Waals surface area contributed by atoms with Crippen LogP contribution < -0.4 is 5.32 Å². The number of carbonyl (C=O) groups is 5. The molecule has 0 saturated carbocycles. The predicted octanol–water partition coefficient (Wildman–Crippen LogP) is 0.576. The van der Waals surface area contributed by atoms with Crippen LogP contribution in [0.1, 0.15) is 38.8 Å². The largest absolute Gasteiger partial charge is 0.483 e. The van der Waals surface area contributed by atoms with Gasteiger partial charge in [-0.15, -0.1) is 0 Å². The van der Waals surface area contributed by atoms with Crippen molar-refractivity contribution in [3.63, 3.8) is 0 Å². The molecule has 2 fully saturated rings. The number of methoxy groups -OCH3 is 1. The number of nitrogens with zero attached hydrogens (tertiary/aromatic N) is 2. The molecular formula is C22H29N3O7. The van der Waals surface area contributed by atoms with E-state index in [0.717, 1.165) is 5.56 Å². The van der Waals surface area contributed by atoms with Crippen molar-refractivity contribution in [3.05, 3.63) is 35.9 Å². The Morgan fingerprint density at radius 1 is 1.22 bits per heavy atom. The molecule has 0 radical (unpaired) electrons. The highest BCUT2D eigenvalue weighted by atomic mass is 16.5. The van der Waals surface area contributed by atoms with Crippen molar-refractivity contribution in [2.75, 3.05) is 20.2 Å². The van der Waals surface area contributed by atoms with Gasteiger partial charge in [-0.2, -0.15) is 0 Å². The normalized spacial score (nSPS) is 22.2. The first-order valence-electron chi connectivity index (χ1n) is 10.2. The zero-order valence-corrected chi connectivity index (χ0v) is 18.6. The number of esters is 1. The minimum atomic E-state index is -1.12. The smallest absolute Gasteiger partial charge is 0.311 e. The molecular weight excluding hydrogens is 418 g/mol. The van der Waals surface area contributed by atoms with E-state index in [1.165, 1.54) is 18.9 Å². The SMILES string of the molecule is COC(=O)[C@H]1C[C@H]2CN(C(=O)C(C)(C)NC(C)=O)CC(=O)N2[C@H]1c1ccccc1.O=CO. The Labute approximate surface area is 186 Å². The van der Waals surface area contributed by atoms with E-state index in [9.17, 15) is 19.2 Å². The Balaban J connectivity index is 0.00000114. The summed E-state index contributed by atoms with van der Waals surface area (Å²) in [6.45, 7) is 4.55. The molecule has 174 valence electrons. The van der Waals surface area contributed by atoms with Crippen molar-refractivity contribution >= 4 is 30.2 Å². The Morgan fingerprint density at radius 2 is 1.81 bits per heavy atom. The molecule has 0 spiro atoms. The lowest BCUT2D eigenvalue weighted by molar-refractivity contribution is -0.153. The second kappa shape index (κ2) is 10.3. The molecule has 0 aliphatic carbocycles. The molecule has 0 aromatic heterocycles. The molecule has 3 rings (SSSR count). The van der Waals surface area contributed by atoms with Gasteiger partial charge in [-0.1, -0.05) is 30.3 Å². The average Bonchev–Trinajstić information content (AvgIpc) is 3.13. The van der Waals surface area contributed by atoms with E-state index in [-0.39, 0.29) is 42.7 Å². The van der Waals surface area contributed by atoms with Gasteiger partial charge in [0.15, 0.2) is 0 Å². The second-order valence-electron chi connectivity index (χ2n) is 8.27. The van der Waals surface area contributed by atoms with Crippen molar-refractivity contribution in [1.29, 1.82) is 0 Å². The summed E-state index contributed by atoms with van der Waals surface area (Å²) >= 11 is 0. The molecule has 2 N–H and O–H groups in total. The Hall–Kier alpha value is -3.43. The van der Waals surface area contributed by atoms with Crippen LogP contribution in [0.15, 0.2) is 30.3 Å². The highest BCUT2D eigenvalue weighted by Gasteiger charge is 2.52. The van der Waals surface area contributed by atoms with Crippen molar-refractivity contribution in [2.45, 2.75) is 44.8 Å². The van der Waals surface area contributed by atoms with Gasteiger partial charge in [0, 0.05) is 13.5 Å². The summed E-state index contributed by atoms with van der Waals surface area (Å²) in [5.74, 6) is -1.71. The van der Waals surface area contributed by atoms with Crippen LogP contribution >= 0.6 is 0 Å². The standard InChI is InChI=1S/C21H27N3O5.CH2O2/c1-13(25)22-21(2,3)20(28)23-11-15-10-16(19(27)29-4)18(24(15)17(26)12-23)14-8-6-5-7-9-14;2-1-3/h5-9,15-16,18H,10-12H2,1-4H3,(H,22,25);1H,(H,2,3)/t15-,16-,18-;/m0./s1. The third-order valence-electron chi connectivity index (χ3n) is 5.60. The average molecular weight is 447 g/mol. The quantitative estimate of drug-likeness (QED) is 0.509. The van der Waals surface area contributed by atoms with Gasteiger partial charge >= 0.3 is 5.97 Å². The summed E-state index contributed by atoms with van der Waals surface area (Å²) in [4.78, 5) is 61.5. The molecule has 2 aliphatic rings. The zero-order valence-electron chi connectivity index (χ0n) is 18.6. The van der Waals surface area contributed by atoms with Crippen LogP contribution in [0.3, 0.4) is 0 Å². The fourth-order valence-electron chi connectivity index (χ4n) is 4.50. The minimum Gasteiger partial charge on any atom is -0.483 e. The molecule has 2 aliphatic heterocycles. The summed E-state index contributed by atoms with van der Waals surface area (Å²) in [5.41, 5.74) is -0.245. The number of carbonyl (C=O) groups excluding carboxylic acids is 4. The van der Waals surface area contributed by atoms with Crippen molar-refractivity contribution < 1.29 is 33.8 Å². The molecule has 2 heterocycles. The number of benzene rings is 1. The monoisotopic (exact) mass is 447 g/mol. The molecule has 2 saturated heterocycles. The van der Waals surface area contributed by atoms with Crippen molar-refractivity contribution in [3.8, 4) is 0 Å². The van der Waals surface area contributed by atoms with E-state index in [1.807, 2.05) is 30.3 Å². The maximum atomic E-state index is 13.1. The fourth-order valence-corrected chi connectivity index (χ4v) is 4.50. The summed E-state index contributed by atoms with van der Waals surface area (Å²) in [6, 6.07) is 8.71. The van der Waals surface area contributed by atoms with Crippen molar-refractivity contribution in [2.24, 2.45) is 5.92 Å².